The summed E-state index contributed by atoms with van der Waals surface area (Å²) in [5.41, 5.74) is 12.2. The monoisotopic (exact) mass is 1010 g/mol. The van der Waals surface area contributed by atoms with Gasteiger partial charge in [-0.05, 0) is 12.5 Å². The number of anilines is 2. The topological polar surface area (TPSA) is 436 Å². The Balaban J connectivity index is 0.00000320. The van der Waals surface area contributed by atoms with Gasteiger partial charge in [-0.2, -0.15) is 0 Å². The summed E-state index contributed by atoms with van der Waals surface area (Å²) in [5, 5.41) is 42.7. The van der Waals surface area contributed by atoms with Gasteiger partial charge >= 0.3 is 118 Å². The number of nitrogens with zero attached hydrogens (tertiary/aromatic N) is 8. The number of nitrogen functional groups attached to an aromatic ring is 2. The maximum atomic E-state index is 12.4. The van der Waals surface area contributed by atoms with Crippen molar-refractivity contribution in [2.24, 2.45) is 0 Å². The number of hydrogen-bond donors (Lipinski definition) is 6. The van der Waals surface area contributed by atoms with Crippen LogP contribution in [0.4, 0.5) is 11.6 Å². The zero-order chi connectivity index (χ0) is 41.8. The number of rotatable bonds is 16. The van der Waals surface area contributed by atoms with Crippen LogP contribution in [-0.2, 0) is 45.4 Å². The second kappa shape index (κ2) is 23.4. The van der Waals surface area contributed by atoms with Crippen molar-refractivity contribution in [1.82, 2.24) is 39.0 Å². The molecule has 4 aromatic heterocycles. The van der Waals surface area contributed by atoms with Crippen LogP contribution in [0.15, 0.2) is 23.0 Å². The Morgan fingerprint density at radius 3 is 1.33 bits per heavy atom. The quantitative estimate of drug-likeness (QED) is 0.0263. The zero-order valence-corrected chi connectivity index (χ0v) is 45.9. The van der Waals surface area contributed by atoms with Gasteiger partial charge in [-0.15, -0.1) is 0 Å². The number of nitrogens with two attached hydrogens (primary N) is 2. The van der Waals surface area contributed by atoms with Crippen molar-refractivity contribution in [3.05, 3.63) is 12.7 Å². The van der Waals surface area contributed by atoms with Gasteiger partial charge in [-0.1, -0.05) is 23.5 Å². The van der Waals surface area contributed by atoms with Crippen LogP contribution < -0.4 is 149 Å². The Bertz CT molecular complexity index is 2210. The predicted molar refractivity (Wildman–Crippen MR) is 184 cm³/mol. The van der Waals surface area contributed by atoms with E-state index in [1.807, 2.05) is 0 Å². The number of thioether (sulfide) groups is 2. The number of hydrogen-bond acceptors (Lipinski definition) is 28. The molecule has 2 aliphatic rings. The first kappa shape index (κ1) is 58.9. The molecule has 6 rings (SSSR count). The summed E-state index contributed by atoms with van der Waals surface area (Å²) >= 11 is 2.26. The second-order valence-electron chi connectivity index (χ2n) is 11.9. The molecule has 0 bridgehead atoms. The molecule has 0 aromatic carbocycles. The van der Waals surface area contributed by atoms with E-state index in [2.05, 4.69) is 47.6 Å². The van der Waals surface area contributed by atoms with E-state index in [-0.39, 0.29) is 163 Å². The summed E-state index contributed by atoms with van der Waals surface area (Å²) in [4.78, 5) is 74.3. The number of aliphatic hydroxyl groups excluding tert-OH is 4. The minimum absolute atomic E-state index is 0. The summed E-state index contributed by atoms with van der Waals surface area (Å²) in [6.45, 7) is -2.35. The molecule has 2 fully saturated rings. The number of aliphatic hydroxyl groups is 4. The number of aromatic nitrogens is 8. The van der Waals surface area contributed by atoms with Crippen molar-refractivity contribution in [3.8, 4) is 0 Å². The third kappa shape index (κ3) is 13.9. The molecule has 38 heteroatoms. The minimum Gasteiger partial charge on any atom is -0.778 e. The average Bonchev–Trinajstić information content (AvgIpc) is 3.86. The summed E-state index contributed by atoms with van der Waals surface area (Å²) in [6.07, 6.45) is -7.75. The fourth-order valence-electron chi connectivity index (χ4n) is 5.53. The maximum absolute atomic E-state index is 12.4. The Labute approximate surface area is 440 Å². The van der Waals surface area contributed by atoms with E-state index in [1.165, 1.54) is 9.13 Å². The van der Waals surface area contributed by atoms with Crippen molar-refractivity contribution in [2.45, 2.75) is 59.4 Å². The van der Waals surface area contributed by atoms with E-state index in [1.54, 1.807) is 12.5 Å². The van der Waals surface area contributed by atoms with E-state index in [0.29, 0.717) is 0 Å². The van der Waals surface area contributed by atoms with Gasteiger partial charge in [-0.3, -0.25) is 26.9 Å². The SMILES string of the molecule is CSc1nc(N)c2ncn([C@H]3O[C@@H](COP(=O)([O-])OP(=O)([O-])CP(=O)([O-])OP(=O)([O-])OC[C@@H]4O[C@H](n5cnc6c(N)nc(SC)nc65)[C@@H](O)[C@H]4O)[C@H](O)[C@@H]3O)c2n1.[Na+].[Na+].[Na+].[Na+]. The van der Waals surface area contributed by atoms with Gasteiger partial charge < -0.3 is 79.1 Å². The fourth-order valence-corrected chi connectivity index (χ4v) is 12.8. The summed E-state index contributed by atoms with van der Waals surface area (Å²) in [6, 6.07) is 0. The number of fused-ring (bicyclic) bond motifs is 2. The first-order chi connectivity index (χ1) is 26.5. The molecule has 316 valence electrons. The molecule has 2 aliphatic heterocycles. The molecule has 0 radical (unpaired) electrons. The molecule has 0 spiro atoms. The molecule has 6 heterocycles. The standard InChI is InChI=1S/C23H34N10O18P4S2.4Na/c1-56-22-28-16(24)10-18(30-22)32(5-26-10)20-14(36)12(34)8(48-20)3-46-54(42,43)50-52(38,39)7-53(40,41)51-55(44,45)47-4-9-13(35)15(37)21(49-9)33-6-27-11-17(25)29-23(57-2)31-19(11)33;;;;/h5-6,8-9,12-15,20-21,34-37H,3-4,7H2,1-2H3,(H,38,39)(H,40,41)(H,42,43)(H,44,45)(H2,24,28,30)(H2,25,29,31);;;;/q;4*+1/p-4/t8-,9-,12-,13-,14-,15-,20-,21-;;;;/m0..../s1. The molecule has 0 aliphatic carbocycles. The van der Waals surface area contributed by atoms with Crippen LogP contribution in [0.2, 0.25) is 0 Å². The van der Waals surface area contributed by atoms with Gasteiger partial charge in [-0.25, -0.2) is 29.9 Å². The van der Waals surface area contributed by atoms with Gasteiger partial charge in [0, 0.05) is 0 Å². The smallest absolute Gasteiger partial charge is 0.778 e. The summed E-state index contributed by atoms with van der Waals surface area (Å²) in [5.74, 6) is -2.38. The van der Waals surface area contributed by atoms with E-state index in [0.717, 1.165) is 36.2 Å². The number of ether oxygens (including phenoxy) is 2. The van der Waals surface area contributed by atoms with Crippen molar-refractivity contribution in [1.29, 1.82) is 0 Å². The van der Waals surface area contributed by atoms with Crippen LogP contribution in [0.5, 0.6) is 0 Å². The third-order valence-electron chi connectivity index (χ3n) is 8.03. The molecule has 4 aromatic rings. The van der Waals surface area contributed by atoms with Gasteiger partial charge in [0.25, 0.3) is 15.6 Å². The first-order valence-corrected chi connectivity index (χ1v) is 24.4. The van der Waals surface area contributed by atoms with Crippen molar-refractivity contribution in [3.63, 3.8) is 0 Å². The molecule has 8 N–H and O–H groups in total. The molecule has 28 nitrogen and oxygen atoms in total. The fraction of sp³-hybridized carbons (Fsp3) is 0.565. The molecule has 2 saturated heterocycles. The van der Waals surface area contributed by atoms with E-state index in [9.17, 15) is 58.3 Å². The summed E-state index contributed by atoms with van der Waals surface area (Å²) in [7, 11) is -24.3. The molecular formula is C23H30N10Na4O18P4S2. The molecule has 4 unspecified atom stereocenters. The van der Waals surface area contributed by atoms with Crippen molar-refractivity contribution < 1.29 is 204 Å². The number of imidazole rings is 2. The minimum atomic E-state index is -6.11. The van der Waals surface area contributed by atoms with Crippen LogP contribution in [0.3, 0.4) is 0 Å². The Morgan fingerprint density at radius 2 is 1.00 bits per heavy atom. The Hall–Kier alpha value is 1.76. The van der Waals surface area contributed by atoms with Gasteiger partial charge in [0.2, 0.25) is 0 Å². The predicted octanol–water partition coefficient (Wildman–Crippen LogP) is -15.4. The van der Waals surface area contributed by atoms with Crippen LogP contribution in [-0.4, -0.2) is 128 Å². The van der Waals surface area contributed by atoms with Gasteiger partial charge in [0.15, 0.2) is 60.9 Å². The average molecular weight is 1010 g/mol. The third-order valence-corrected chi connectivity index (χ3v) is 16.4. The van der Waals surface area contributed by atoms with Crippen LogP contribution in [0, 0.1) is 0 Å². The van der Waals surface area contributed by atoms with E-state index < -0.39 is 99.0 Å². The van der Waals surface area contributed by atoms with E-state index in [4.69, 9.17) is 20.9 Å². The molecule has 12 atom stereocenters. The number of phosphoric acid groups is 2. The molecule has 0 amide bonds. The van der Waals surface area contributed by atoms with Crippen LogP contribution in [0.25, 0.3) is 22.3 Å². The van der Waals surface area contributed by atoms with Crippen LogP contribution in [0.1, 0.15) is 12.5 Å². The number of phosphoric ester groups is 2. The zero-order valence-electron chi connectivity index (χ0n) is 32.7. The van der Waals surface area contributed by atoms with Gasteiger partial charge in [0.05, 0.1) is 31.8 Å². The summed E-state index contributed by atoms with van der Waals surface area (Å²) < 4.78 is 79.8. The maximum Gasteiger partial charge on any atom is 1.00 e. The molecule has 0 saturated carbocycles. The Kier molecular flexibility index (Phi) is 22.6. The first-order valence-electron chi connectivity index (χ1n) is 15.6. The van der Waals surface area contributed by atoms with Gasteiger partial charge in [0.1, 0.15) is 47.7 Å². The van der Waals surface area contributed by atoms with E-state index >= 15 is 0 Å². The van der Waals surface area contributed by atoms with Crippen molar-refractivity contribution in [2.75, 3.05) is 43.1 Å². The molecular weight excluding hydrogens is 984 g/mol. The van der Waals surface area contributed by atoms with Crippen LogP contribution >= 0.6 is 54.4 Å². The largest absolute Gasteiger partial charge is 1.00 e. The van der Waals surface area contributed by atoms with Crippen molar-refractivity contribution >= 4 is 88.3 Å². The normalized spacial score (nSPS) is 27.7. The molecule has 61 heavy (non-hydrogen) atoms. The Morgan fingerprint density at radius 1 is 0.656 bits per heavy atom. The second-order valence-corrected chi connectivity index (χ2v) is 20.7.